The molecule has 5 heteroatoms. The summed E-state index contributed by atoms with van der Waals surface area (Å²) >= 11 is 0. The molecule has 0 aliphatic rings. The summed E-state index contributed by atoms with van der Waals surface area (Å²) in [6.07, 6.45) is 3.91. The largest absolute Gasteiger partial charge is 0.479 e. The van der Waals surface area contributed by atoms with Crippen molar-refractivity contribution < 1.29 is 13.9 Å². The van der Waals surface area contributed by atoms with Gasteiger partial charge in [0.15, 0.2) is 6.61 Å². The van der Waals surface area contributed by atoms with Crippen LogP contribution in [0.3, 0.4) is 0 Å². The van der Waals surface area contributed by atoms with Gasteiger partial charge >= 0.3 is 0 Å². The average Bonchev–Trinajstić information content (AvgIpc) is 2.64. The molecule has 1 atom stereocenters. The van der Waals surface area contributed by atoms with E-state index in [1.54, 1.807) is 30.3 Å². The van der Waals surface area contributed by atoms with E-state index in [0.717, 1.165) is 17.5 Å². The third-order valence-electron chi connectivity index (χ3n) is 4.02. The summed E-state index contributed by atoms with van der Waals surface area (Å²) in [5, 5.41) is 11.5. The van der Waals surface area contributed by atoms with E-state index in [1.165, 1.54) is 18.2 Å². The van der Waals surface area contributed by atoms with Gasteiger partial charge in [0.1, 0.15) is 17.6 Å². The first kappa shape index (κ1) is 21.2. The molecule has 0 bridgehead atoms. The van der Waals surface area contributed by atoms with Crippen molar-refractivity contribution in [2.24, 2.45) is 5.41 Å². The van der Waals surface area contributed by atoms with Gasteiger partial charge in [-0.05, 0) is 53.3 Å². The number of amides is 1. The van der Waals surface area contributed by atoms with Crippen LogP contribution in [-0.2, 0) is 4.79 Å². The lowest BCUT2D eigenvalue weighted by Gasteiger charge is -2.27. The first-order chi connectivity index (χ1) is 13.3. The van der Waals surface area contributed by atoms with Gasteiger partial charge in [-0.25, -0.2) is 4.39 Å². The van der Waals surface area contributed by atoms with Crippen molar-refractivity contribution in [2.75, 3.05) is 6.61 Å². The number of halogens is 1. The Labute approximate surface area is 165 Å². The number of hydrogen-bond donors (Lipinski definition) is 1. The van der Waals surface area contributed by atoms with Crippen molar-refractivity contribution in [2.45, 2.75) is 33.2 Å². The predicted molar refractivity (Wildman–Crippen MR) is 108 cm³/mol. The van der Waals surface area contributed by atoms with Crippen molar-refractivity contribution in [3.63, 3.8) is 0 Å². The van der Waals surface area contributed by atoms with E-state index < -0.39 is 0 Å². The molecule has 28 heavy (non-hydrogen) atoms. The number of nitrogens with one attached hydrogen (secondary N) is 1. The molecule has 0 fully saturated rings. The smallest absolute Gasteiger partial charge is 0.244 e. The lowest BCUT2D eigenvalue weighted by atomic mass is 9.85. The molecule has 0 heterocycles. The molecule has 2 aromatic carbocycles. The summed E-state index contributed by atoms with van der Waals surface area (Å²) in [4.78, 5) is 12.4. The molecule has 1 amide bonds. The lowest BCUT2D eigenvalue weighted by Crippen LogP contribution is -2.30. The first-order valence-electron chi connectivity index (χ1n) is 9.11. The topological polar surface area (TPSA) is 62.1 Å². The Morgan fingerprint density at radius 3 is 2.39 bits per heavy atom. The molecule has 0 aromatic heterocycles. The fourth-order valence-corrected chi connectivity index (χ4v) is 2.74. The standard InChI is InChI=1S/C23H25FN2O2/c1-23(2,3)16-21(18-7-9-19(24)10-8-18)26-22(27)13-6-17-4-11-20(12-5-17)28-15-14-25/h4-13,21H,15-16H2,1-3H3,(H,26,27)/b13-6+. The number of nitrogens with zero attached hydrogens (tertiary/aromatic N) is 1. The van der Waals surface area contributed by atoms with Gasteiger partial charge in [-0.3, -0.25) is 4.79 Å². The minimum absolute atomic E-state index is 0.00383. The fourth-order valence-electron chi connectivity index (χ4n) is 2.74. The number of nitriles is 1. The van der Waals surface area contributed by atoms with E-state index >= 15 is 0 Å². The Kier molecular flexibility index (Phi) is 7.34. The Morgan fingerprint density at radius 1 is 1.18 bits per heavy atom. The van der Waals surface area contributed by atoms with Crippen LogP contribution >= 0.6 is 0 Å². The number of hydrogen-bond acceptors (Lipinski definition) is 3. The molecule has 0 saturated carbocycles. The second kappa shape index (κ2) is 9.70. The molecule has 0 saturated heterocycles. The van der Waals surface area contributed by atoms with E-state index in [9.17, 15) is 9.18 Å². The van der Waals surface area contributed by atoms with Crippen molar-refractivity contribution in [1.29, 1.82) is 5.26 Å². The van der Waals surface area contributed by atoms with Gasteiger partial charge in [-0.2, -0.15) is 5.26 Å². The highest BCUT2D eigenvalue weighted by Crippen LogP contribution is 2.29. The molecule has 0 aliphatic carbocycles. The van der Waals surface area contributed by atoms with Crippen molar-refractivity contribution in [3.8, 4) is 11.8 Å². The zero-order valence-electron chi connectivity index (χ0n) is 16.4. The van der Waals surface area contributed by atoms with Gasteiger partial charge < -0.3 is 10.1 Å². The molecular weight excluding hydrogens is 355 g/mol. The highest BCUT2D eigenvalue weighted by molar-refractivity contribution is 5.92. The van der Waals surface area contributed by atoms with E-state index in [1.807, 2.05) is 18.2 Å². The van der Waals surface area contributed by atoms with Crippen LogP contribution in [0.25, 0.3) is 6.08 Å². The van der Waals surface area contributed by atoms with Crippen LogP contribution < -0.4 is 10.1 Å². The zero-order valence-corrected chi connectivity index (χ0v) is 16.4. The molecular formula is C23H25FN2O2. The van der Waals surface area contributed by atoms with Gasteiger partial charge in [0.25, 0.3) is 0 Å². The monoisotopic (exact) mass is 380 g/mol. The summed E-state index contributed by atoms with van der Waals surface area (Å²) in [6, 6.07) is 15.0. The number of benzene rings is 2. The van der Waals surface area contributed by atoms with E-state index in [0.29, 0.717) is 5.75 Å². The van der Waals surface area contributed by atoms with Crippen molar-refractivity contribution >= 4 is 12.0 Å². The molecule has 0 aliphatic heterocycles. The third-order valence-corrected chi connectivity index (χ3v) is 4.02. The highest BCUT2D eigenvalue weighted by atomic mass is 19.1. The molecule has 0 radical (unpaired) electrons. The van der Waals surface area contributed by atoms with Gasteiger partial charge in [0.05, 0.1) is 6.04 Å². The summed E-state index contributed by atoms with van der Waals surface area (Å²) in [6.45, 7) is 6.29. The van der Waals surface area contributed by atoms with Gasteiger partial charge in [-0.15, -0.1) is 0 Å². The van der Waals surface area contributed by atoms with Gasteiger partial charge in [-0.1, -0.05) is 45.0 Å². The number of carbonyl (C=O) groups is 1. The van der Waals surface area contributed by atoms with Crippen molar-refractivity contribution in [1.82, 2.24) is 5.32 Å². The van der Waals surface area contributed by atoms with Crippen LogP contribution in [0.4, 0.5) is 4.39 Å². The summed E-state index contributed by atoms with van der Waals surface area (Å²) in [5.74, 6) is 0.0831. The molecule has 2 rings (SSSR count). The van der Waals surface area contributed by atoms with Crippen LogP contribution in [0.5, 0.6) is 5.75 Å². The highest BCUT2D eigenvalue weighted by Gasteiger charge is 2.21. The van der Waals surface area contributed by atoms with Gasteiger partial charge in [0.2, 0.25) is 5.91 Å². The second-order valence-corrected chi connectivity index (χ2v) is 7.73. The minimum Gasteiger partial charge on any atom is -0.479 e. The predicted octanol–water partition coefficient (Wildman–Crippen LogP) is 5.03. The Hall–Kier alpha value is -3.13. The molecule has 4 nitrogen and oxygen atoms in total. The number of carbonyl (C=O) groups excluding carboxylic acids is 1. The Bertz CT molecular complexity index is 844. The fraction of sp³-hybridized carbons (Fsp3) is 0.304. The maximum absolute atomic E-state index is 13.2. The first-order valence-corrected chi connectivity index (χ1v) is 9.11. The average molecular weight is 380 g/mol. The molecule has 146 valence electrons. The maximum Gasteiger partial charge on any atom is 0.244 e. The van der Waals surface area contributed by atoms with Crippen LogP contribution in [0, 0.1) is 22.6 Å². The van der Waals surface area contributed by atoms with Crippen LogP contribution in [0.15, 0.2) is 54.6 Å². The molecule has 0 spiro atoms. The van der Waals surface area contributed by atoms with E-state index in [-0.39, 0.29) is 29.8 Å². The van der Waals surface area contributed by atoms with E-state index in [2.05, 4.69) is 26.1 Å². The SMILES string of the molecule is CC(C)(C)CC(NC(=O)/C=C/c1ccc(OCC#N)cc1)c1ccc(F)cc1. The molecule has 2 aromatic rings. The second-order valence-electron chi connectivity index (χ2n) is 7.73. The third kappa shape index (κ3) is 7.24. The van der Waals surface area contributed by atoms with Crippen LogP contribution in [0.1, 0.15) is 44.4 Å². The minimum atomic E-state index is -0.299. The molecule has 1 unspecified atom stereocenters. The number of ether oxygens (including phenoxy) is 1. The summed E-state index contributed by atoms with van der Waals surface area (Å²) < 4.78 is 18.4. The van der Waals surface area contributed by atoms with Crippen LogP contribution in [0.2, 0.25) is 0 Å². The van der Waals surface area contributed by atoms with Crippen molar-refractivity contribution in [3.05, 3.63) is 71.6 Å². The normalized spacial score (nSPS) is 12.4. The number of rotatable bonds is 7. The van der Waals surface area contributed by atoms with Gasteiger partial charge in [0, 0.05) is 6.08 Å². The molecule has 1 N–H and O–H groups in total. The quantitative estimate of drug-likeness (QED) is 0.685. The Balaban J connectivity index is 2.05. The summed E-state index contributed by atoms with van der Waals surface area (Å²) in [5.41, 5.74) is 1.71. The summed E-state index contributed by atoms with van der Waals surface area (Å²) in [7, 11) is 0. The maximum atomic E-state index is 13.2. The lowest BCUT2D eigenvalue weighted by molar-refractivity contribution is -0.117. The zero-order chi connectivity index (χ0) is 20.6. The van der Waals surface area contributed by atoms with Crippen LogP contribution in [-0.4, -0.2) is 12.5 Å². The van der Waals surface area contributed by atoms with E-state index in [4.69, 9.17) is 10.00 Å². The Morgan fingerprint density at radius 2 is 1.82 bits per heavy atom.